The summed E-state index contributed by atoms with van der Waals surface area (Å²) in [6, 6.07) is 6.69. The number of fused-ring (bicyclic) bond motifs is 2. The molecule has 1 aliphatic carbocycles. The van der Waals surface area contributed by atoms with E-state index in [9.17, 15) is 0 Å². The molecule has 2 aromatic rings. The normalized spacial score (nSPS) is 17.6. The third-order valence-corrected chi connectivity index (χ3v) is 6.47. The number of pyridine rings is 2. The molecule has 0 atom stereocenters. The Balaban J connectivity index is 0.000000149. The zero-order valence-electron chi connectivity index (χ0n) is 19.3. The molecule has 0 aromatic carbocycles. The number of likely N-dealkylation sites (N-methyl/N-ethyl adjacent to an activating group) is 3. The topological polar surface area (TPSA) is 62.5 Å². The molecule has 1 saturated carbocycles. The monoisotopic (exact) mass is 419 g/mol. The van der Waals surface area contributed by atoms with E-state index in [-0.39, 0.29) is 0 Å². The SMILES string of the molecule is CC(C)N1CCN(C)c2cc(C#N)ncc21.CN1CCN(C)c2cc(C3CC3)ncc21. The first-order valence-corrected chi connectivity index (χ1v) is 11.2. The summed E-state index contributed by atoms with van der Waals surface area (Å²) in [5.41, 5.74) is 6.62. The summed E-state index contributed by atoms with van der Waals surface area (Å²) in [5, 5.41) is 8.86. The second kappa shape index (κ2) is 8.62. The summed E-state index contributed by atoms with van der Waals surface area (Å²) >= 11 is 0. The van der Waals surface area contributed by atoms with Crippen molar-refractivity contribution in [3.05, 3.63) is 35.9 Å². The molecule has 0 spiro atoms. The second-order valence-electron chi connectivity index (χ2n) is 9.09. The van der Waals surface area contributed by atoms with Crippen molar-refractivity contribution in [2.75, 3.05) is 66.9 Å². The molecule has 0 bridgehead atoms. The minimum atomic E-state index is 0.460. The van der Waals surface area contributed by atoms with E-state index in [0.29, 0.717) is 11.7 Å². The van der Waals surface area contributed by atoms with E-state index in [4.69, 9.17) is 5.26 Å². The summed E-state index contributed by atoms with van der Waals surface area (Å²) in [7, 11) is 6.37. The smallest absolute Gasteiger partial charge is 0.142 e. The van der Waals surface area contributed by atoms with Crippen LogP contribution in [0, 0.1) is 11.3 Å². The van der Waals surface area contributed by atoms with Crippen molar-refractivity contribution in [1.82, 2.24) is 9.97 Å². The first-order chi connectivity index (χ1) is 14.9. The Bertz CT molecular complexity index is 976. The molecule has 31 heavy (non-hydrogen) atoms. The van der Waals surface area contributed by atoms with Gasteiger partial charge in [0, 0.05) is 71.0 Å². The van der Waals surface area contributed by atoms with Crippen LogP contribution in [0.3, 0.4) is 0 Å². The van der Waals surface area contributed by atoms with Gasteiger partial charge in [0.2, 0.25) is 0 Å². The van der Waals surface area contributed by atoms with Crippen molar-refractivity contribution >= 4 is 22.7 Å². The predicted octanol–water partition coefficient (Wildman–Crippen LogP) is 3.46. The van der Waals surface area contributed by atoms with Crippen molar-refractivity contribution in [3.8, 4) is 6.07 Å². The summed E-state index contributed by atoms with van der Waals surface area (Å²) < 4.78 is 0. The Morgan fingerprint density at radius 2 is 1.42 bits per heavy atom. The fourth-order valence-electron chi connectivity index (χ4n) is 4.26. The van der Waals surface area contributed by atoms with E-state index in [1.165, 1.54) is 29.9 Å². The average Bonchev–Trinajstić information content (AvgIpc) is 3.62. The van der Waals surface area contributed by atoms with E-state index >= 15 is 0 Å². The van der Waals surface area contributed by atoms with Gasteiger partial charge in [0.05, 0.1) is 35.1 Å². The van der Waals surface area contributed by atoms with Crippen LogP contribution in [-0.2, 0) is 0 Å². The summed E-state index contributed by atoms with van der Waals surface area (Å²) in [5.74, 6) is 0.746. The summed E-state index contributed by atoms with van der Waals surface area (Å²) in [6.07, 6.45) is 6.50. The van der Waals surface area contributed by atoms with Gasteiger partial charge < -0.3 is 19.6 Å². The van der Waals surface area contributed by atoms with Crippen LogP contribution in [0.5, 0.6) is 0 Å². The van der Waals surface area contributed by atoms with Crippen LogP contribution in [0.2, 0.25) is 0 Å². The molecule has 164 valence electrons. The quantitative estimate of drug-likeness (QED) is 0.739. The van der Waals surface area contributed by atoms with Crippen LogP contribution in [0.15, 0.2) is 24.5 Å². The fourth-order valence-corrected chi connectivity index (χ4v) is 4.26. The summed E-state index contributed by atoms with van der Waals surface area (Å²) in [6.45, 7) is 8.54. The first-order valence-electron chi connectivity index (χ1n) is 11.2. The average molecular weight is 420 g/mol. The lowest BCUT2D eigenvalue weighted by atomic mass is 10.1. The highest BCUT2D eigenvalue weighted by Gasteiger charge is 2.27. The second-order valence-corrected chi connectivity index (χ2v) is 9.09. The standard InChI is InChI=1S/C12H16N4.C12H17N3/c1-9(2)16-5-4-15(3)11-6-10(7-13)14-8-12(11)16;1-14-5-6-15(2)12-8-13-10(7-11(12)14)9-3-4-9/h6,8-9H,4-5H2,1-3H3;7-9H,3-6H2,1-2H3. The largest absolute Gasteiger partial charge is 0.371 e. The Morgan fingerprint density at radius 3 is 2.03 bits per heavy atom. The number of hydrogen-bond donors (Lipinski definition) is 0. The number of nitrogens with zero attached hydrogens (tertiary/aromatic N) is 7. The molecule has 4 heterocycles. The molecule has 3 aliphatic rings. The first kappa shape index (κ1) is 21.2. The van der Waals surface area contributed by atoms with Gasteiger partial charge in [0.15, 0.2) is 0 Å². The van der Waals surface area contributed by atoms with Gasteiger partial charge >= 0.3 is 0 Å². The van der Waals surface area contributed by atoms with Gasteiger partial charge in [-0.25, -0.2) is 4.98 Å². The van der Waals surface area contributed by atoms with Crippen molar-refractivity contribution in [2.45, 2.75) is 38.6 Å². The number of hydrogen-bond acceptors (Lipinski definition) is 7. The molecule has 2 aromatic heterocycles. The summed E-state index contributed by atoms with van der Waals surface area (Å²) in [4.78, 5) is 17.8. The van der Waals surface area contributed by atoms with Gasteiger partial charge in [-0.2, -0.15) is 5.26 Å². The molecule has 0 radical (unpaired) electrons. The third-order valence-electron chi connectivity index (χ3n) is 6.47. The number of anilines is 4. The van der Waals surface area contributed by atoms with E-state index in [0.717, 1.165) is 43.5 Å². The maximum atomic E-state index is 8.86. The van der Waals surface area contributed by atoms with Gasteiger partial charge in [-0.05, 0) is 32.8 Å². The zero-order chi connectivity index (χ0) is 22.1. The van der Waals surface area contributed by atoms with Gasteiger partial charge in [0.25, 0.3) is 0 Å². The maximum absolute atomic E-state index is 8.86. The lowest BCUT2D eigenvalue weighted by Gasteiger charge is -2.39. The molecular formula is C24H33N7. The molecule has 5 rings (SSSR count). The van der Waals surface area contributed by atoms with Crippen LogP contribution >= 0.6 is 0 Å². The van der Waals surface area contributed by atoms with Gasteiger partial charge in [-0.1, -0.05) is 0 Å². The van der Waals surface area contributed by atoms with Gasteiger partial charge in [-0.3, -0.25) is 4.98 Å². The minimum Gasteiger partial charge on any atom is -0.371 e. The third kappa shape index (κ3) is 4.39. The lowest BCUT2D eigenvalue weighted by Crippen LogP contribution is -2.42. The molecule has 0 unspecified atom stereocenters. The van der Waals surface area contributed by atoms with Gasteiger partial charge in [-0.15, -0.1) is 0 Å². The molecule has 7 heteroatoms. The van der Waals surface area contributed by atoms with Crippen LogP contribution in [0.1, 0.15) is 44.0 Å². The Kier molecular flexibility index (Phi) is 5.90. The van der Waals surface area contributed by atoms with E-state index < -0.39 is 0 Å². The zero-order valence-corrected chi connectivity index (χ0v) is 19.3. The Morgan fingerprint density at radius 1 is 0.839 bits per heavy atom. The molecule has 7 nitrogen and oxygen atoms in total. The molecule has 2 aliphatic heterocycles. The van der Waals surface area contributed by atoms with Crippen molar-refractivity contribution in [1.29, 1.82) is 5.26 Å². The molecule has 1 fully saturated rings. The van der Waals surface area contributed by atoms with Crippen molar-refractivity contribution in [2.24, 2.45) is 0 Å². The van der Waals surface area contributed by atoms with E-state index in [2.05, 4.69) is 76.7 Å². The van der Waals surface area contributed by atoms with Crippen molar-refractivity contribution < 1.29 is 0 Å². The highest BCUT2D eigenvalue weighted by Crippen LogP contribution is 2.42. The molecular weight excluding hydrogens is 386 g/mol. The number of aromatic nitrogens is 2. The fraction of sp³-hybridized carbons (Fsp3) is 0.542. The Labute approximate surface area is 185 Å². The molecule has 0 saturated heterocycles. The van der Waals surface area contributed by atoms with Crippen molar-refractivity contribution in [3.63, 3.8) is 0 Å². The minimum absolute atomic E-state index is 0.460. The highest BCUT2D eigenvalue weighted by atomic mass is 15.3. The lowest BCUT2D eigenvalue weighted by molar-refractivity contribution is 0.653. The van der Waals surface area contributed by atoms with Crippen LogP contribution < -0.4 is 19.6 Å². The van der Waals surface area contributed by atoms with Crippen LogP contribution in [0.4, 0.5) is 22.7 Å². The number of rotatable bonds is 2. The maximum Gasteiger partial charge on any atom is 0.142 e. The number of nitriles is 1. The predicted molar refractivity (Wildman–Crippen MR) is 127 cm³/mol. The van der Waals surface area contributed by atoms with E-state index in [1.807, 2.05) is 18.5 Å². The Hall–Kier alpha value is -3.01. The van der Waals surface area contributed by atoms with E-state index in [1.54, 1.807) is 0 Å². The van der Waals surface area contributed by atoms with Gasteiger partial charge in [0.1, 0.15) is 11.8 Å². The molecule has 0 amide bonds. The van der Waals surface area contributed by atoms with Crippen LogP contribution in [-0.4, -0.2) is 63.3 Å². The highest BCUT2D eigenvalue weighted by molar-refractivity contribution is 5.74. The molecule has 0 N–H and O–H groups in total. The van der Waals surface area contributed by atoms with Crippen LogP contribution in [0.25, 0.3) is 0 Å².